The molecule has 1 N–H and O–H groups in total. The summed E-state index contributed by atoms with van der Waals surface area (Å²) in [5, 5.41) is 3.21. The first kappa shape index (κ1) is 11.9. The van der Waals surface area contributed by atoms with E-state index in [-0.39, 0.29) is 0 Å². The van der Waals surface area contributed by atoms with Gasteiger partial charge in [0, 0.05) is 31.0 Å². The molecule has 0 aromatic heterocycles. The fourth-order valence-electron chi connectivity index (χ4n) is 3.35. The molecule has 0 radical (unpaired) electrons. The first-order valence-corrected chi connectivity index (χ1v) is 6.69. The van der Waals surface area contributed by atoms with Gasteiger partial charge in [0.05, 0.1) is 0 Å². The molecule has 0 spiro atoms. The molecule has 0 bridgehead atoms. The van der Waals surface area contributed by atoms with Crippen LogP contribution in [0.1, 0.15) is 45.4 Å². The van der Waals surface area contributed by atoms with E-state index in [1.54, 1.807) is 0 Å². The Labute approximate surface area is 98.6 Å². The van der Waals surface area contributed by atoms with Gasteiger partial charge in [-0.25, -0.2) is 0 Å². The van der Waals surface area contributed by atoms with Crippen molar-refractivity contribution in [1.82, 2.24) is 10.2 Å². The highest BCUT2D eigenvalue weighted by molar-refractivity contribution is 5.79. The Balaban J connectivity index is 2.00. The second kappa shape index (κ2) is 5.17. The van der Waals surface area contributed by atoms with Crippen molar-refractivity contribution in [3.05, 3.63) is 0 Å². The Morgan fingerprint density at radius 3 is 2.62 bits per heavy atom. The SMILES string of the molecule is CNCC1CC(=O)N(C2CCCCC2)C1C. The zero-order chi connectivity index (χ0) is 11.5. The molecule has 2 aliphatic rings. The molecule has 3 heteroatoms. The predicted octanol–water partition coefficient (Wildman–Crippen LogP) is 1.78. The summed E-state index contributed by atoms with van der Waals surface area (Å²) in [6, 6.07) is 0.973. The summed E-state index contributed by atoms with van der Waals surface area (Å²) in [5.41, 5.74) is 0. The van der Waals surface area contributed by atoms with Gasteiger partial charge in [0.2, 0.25) is 5.91 Å². The third-order valence-electron chi connectivity index (χ3n) is 4.28. The standard InChI is InChI=1S/C13H24N2O/c1-10-11(9-14-2)8-13(16)15(10)12-6-4-3-5-7-12/h10-12,14H,3-9H2,1-2H3. The second-order valence-corrected chi connectivity index (χ2v) is 5.36. The second-order valence-electron chi connectivity index (χ2n) is 5.36. The van der Waals surface area contributed by atoms with E-state index in [2.05, 4.69) is 17.1 Å². The largest absolute Gasteiger partial charge is 0.337 e. The Morgan fingerprint density at radius 2 is 2.00 bits per heavy atom. The van der Waals surface area contributed by atoms with Crippen LogP contribution in [-0.2, 0) is 4.79 Å². The van der Waals surface area contributed by atoms with Crippen molar-refractivity contribution >= 4 is 5.91 Å². The lowest BCUT2D eigenvalue weighted by Gasteiger charge is -2.35. The van der Waals surface area contributed by atoms with Crippen molar-refractivity contribution in [3.8, 4) is 0 Å². The molecule has 1 saturated carbocycles. The number of amides is 1. The highest BCUT2D eigenvalue weighted by Crippen LogP contribution is 2.32. The third kappa shape index (κ3) is 2.24. The fourth-order valence-corrected chi connectivity index (χ4v) is 3.35. The van der Waals surface area contributed by atoms with Crippen molar-refractivity contribution in [2.75, 3.05) is 13.6 Å². The van der Waals surface area contributed by atoms with Gasteiger partial charge in [0.1, 0.15) is 0 Å². The van der Waals surface area contributed by atoms with Gasteiger partial charge in [-0.2, -0.15) is 0 Å². The van der Waals surface area contributed by atoms with Gasteiger partial charge in [-0.1, -0.05) is 19.3 Å². The molecule has 2 fully saturated rings. The van der Waals surface area contributed by atoms with Crippen LogP contribution in [0.5, 0.6) is 0 Å². The van der Waals surface area contributed by atoms with Gasteiger partial charge in [0.25, 0.3) is 0 Å². The lowest BCUT2D eigenvalue weighted by Crippen LogP contribution is -2.43. The molecule has 0 aromatic carbocycles. The molecule has 1 aliphatic carbocycles. The van der Waals surface area contributed by atoms with Crippen LogP contribution in [-0.4, -0.2) is 36.5 Å². The van der Waals surface area contributed by atoms with E-state index in [1.165, 1.54) is 32.1 Å². The van der Waals surface area contributed by atoms with Gasteiger partial charge in [-0.15, -0.1) is 0 Å². The number of nitrogens with zero attached hydrogens (tertiary/aromatic N) is 1. The Hall–Kier alpha value is -0.570. The van der Waals surface area contributed by atoms with E-state index >= 15 is 0 Å². The molecule has 1 aliphatic heterocycles. The fraction of sp³-hybridized carbons (Fsp3) is 0.923. The number of hydrogen-bond donors (Lipinski definition) is 1. The maximum Gasteiger partial charge on any atom is 0.223 e. The van der Waals surface area contributed by atoms with Crippen LogP contribution in [0.3, 0.4) is 0 Å². The van der Waals surface area contributed by atoms with Crippen LogP contribution < -0.4 is 5.32 Å². The summed E-state index contributed by atoms with van der Waals surface area (Å²) >= 11 is 0. The summed E-state index contributed by atoms with van der Waals surface area (Å²) in [6.45, 7) is 3.19. The van der Waals surface area contributed by atoms with Crippen LogP contribution in [0.4, 0.5) is 0 Å². The van der Waals surface area contributed by atoms with Crippen LogP contribution >= 0.6 is 0 Å². The minimum absolute atomic E-state index is 0.389. The predicted molar refractivity (Wildman–Crippen MR) is 65.2 cm³/mol. The van der Waals surface area contributed by atoms with E-state index in [0.717, 1.165) is 13.0 Å². The Morgan fingerprint density at radius 1 is 1.31 bits per heavy atom. The molecule has 1 saturated heterocycles. The highest BCUT2D eigenvalue weighted by atomic mass is 16.2. The van der Waals surface area contributed by atoms with Gasteiger partial charge in [-0.05, 0) is 26.8 Å². The van der Waals surface area contributed by atoms with Crippen LogP contribution in [0.2, 0.25) is 0 Å². The van der Waals surface area contributed by atoms with Crippen molar-refractivity contribution < 1.29 is 4.79 Å². The number of rotatable bonds is 3. The molecule has 3 nitrogen and oxygen atoms in total. The molecule has 92 valence electrons. The summed E-state index contributed by atoms with van der Waals surface area (Å²) in [5.74, 6) is 0.902. The number of carbonyl (C=O) groups is 1. The zero-order valence-corrected chi connectivity index (χ0v) is 10.5. The van der Waals surface area contributed by atoms with Gasteiger partial charge >= 0.3 is 0 Å². The number of carbonyl (C=O) groups excluding carboxylic acids is 1. The lowest BCUT2D eigenvalue weighted by molar-refractivity contribution is -0.131. The third-order valence-corrected chi connectivity index (χ3v) is 4.28. The minimum Gasteiger partial charge on any atom is -0.337 e. The average Bonchev–Trinajstić information content (AvgIpc) is 2.56. The Kier molecular flexibility index (Phi) is 3.85. The van der Waals surface area contributed by atoms with E-state index in [4.69, 9.17) is 0 Å². The van der Waals surface area contributed by atoms with Gasteiger partial charge in [-0.3, -0.25) is 4.79 Å². The molecular formula is C13H24N2O. The molecular weight excluding hydrogens is 200 g/mol. The smallest absolute Gasteiger partial charge is 0.223 e. The maximum atomic E-state index is 12.1. The molecule has 2 atom stereocenters. The zero-order valence-electron chi connectivity index (χ0n) is 10.5. The lowest BCUT2D eigenvalue weighted by atomic mass is 9.93. The summed E-state index contributed by atoms with van der Waals surface area (Å²) < 4.78 is 0. The molecule has 1 amide bonds. The number of likely N-dealkylation sites (tertiary alicyclic amines) is 1. The topological polar surface area (TPSA) is 32.3 Å². The summed E-state index contributed by atoms with van der Waals surface area (Å²) in [7, 11) is 1.97. The van der Waals surface area contributed by atoms with Crippen LogP contribution in [0.15, 0.2) is 0 Å². The van der Waals surface area contributed by atoms with Crippen molar-refractivity contribution in [2.45, 2.75) is 57.5 Å². The molecule has 2 unspecified atom stereocenters. The quantitative estimate of drug-likeness (QED) is 0.792. The normalized spacial score (nSPS) is 32.4. The maximum absolute atomic E-state index is 12.1. The monoisotopic (exact) mass is 224 g/mol. The number of hydrogen-bond acceptors (Lipinski definition) is 2. The van der Waals surface area contributed by atoms with Crippen molar-refractivity contribution in [2.24, 2.45) is 5.92 Å². The van der Waals surface area contributed by atoms with E-state index < -0.39 is 0 Å². The Bertz CT molecular complexity index is 248. The minimum atomic E-state index is 0.389. The first-order valence-electron chi connectivity index (χ1n) is 6.69. The van der Waals surface area contributed by atoms with Crippen molar-refractivity contribution in [3.63, 3.8) is 0 Å². The molecule has 2 rings (SSSR count). The number of nitrogens with one attached hydrogen (secondary N) is 1. The summed E-state index contributed by atoms with van der Waals surface area (Å²) in [6.07, 6.45) is 7.16. The van der Waals surface area contributed by atoms with Crippen molar-refractivity contribution in [1.29, 1.82) is 0 Å². The van der Waals surface area contributed by atoms with Crippen LogP contribution in [0, 0.1) is 5.92 Å². The van der Waals surface area contributed by atoms with Gasteiger partial charge < -0.3 is 10.2 Å². The van der Waals surface area contributed by atoms with E-state index in [9.17, 15) is 4.79 Å². The average molecular weight is 224 g/mol. The molecule has 0 aromatic rings. The molecule has 16 heavy (non-hydrogen) atoms. The van der Waals surface area contributed by atoms with Gasteiger partial charge in [0.15, 0.2) is 0 Å². The molecule has 1 heterocycles. The first-order chi connectivity index (χ1) is 7.74. The highest BCUT2D eigenvalue weighted by Gasteiger charge is 2.40. The van der Waals surface area contributed by atoms with E-state index in [1.807, 2.05) is 7.05 Å². The van der Waals surface area contributed by atoms with Crippen LogP contribution in [0.25, 0.3) is 0 Å². The summed E-state index contributed by atoms with van der Waals surface area (Å²) in [4.78, 5) is 14.3. The van der Waals surface area contributed by atoms with E-state index in [0.29, 0.717) is 23.9 Å².